The summed E-state index contributed by atoms with van der Waals surface area (Å²) in [6.45, 7) is 1.83. The molecule has 1 aliphatic heterocycles. The monoisotopic (exact) mass is 322 g/mol. The predicted octanol–water partition coefficient (Wildman–Crippen LogP) is 1.14. The fourth-order valence-corrected chi connectivity index (χ4v) is 3.97. The molecule has 0 bridgehead atoms. The number of methoxy groups -OCH3 is 1. The number of hydrogen-bond acceptors (Lipinski definition) is 5. The Morgan fingerprint density at radius 3 is 2.87 bits per heavy atom. The first-order valence-electron chi connectivity index (χ1n) is 8.48. The molecule has 23 heavy (non-hydrogen) atoms. The average molecular weight is 322 g/mol. The van der Waals surface area contributed by atoms with E-state index in [1.165, 1.54) is 6.42 Å². The average Bonchev–Trinajstić information content (AvgIpc) is 3.24. The van der Waals surface area contributed by atoms with Gasteiger partial charge in [-0.15, -0.1) is 5.10 Å². The Labute approximate surface area is 136 Å². The standard InChI is InChI=1S/C16H26N4O3/c1-23-12-16(6-3-2-4-7-16)15(22)19-8-5-14(10-19)20-9-13(11-21)17-18-20/h9,14,21H,2-8,10-12H2,1H3. The Hall–Kier alpha value is -1.47. The van der Waals surface area contributed by atoms with Crippen LogP contribution in [0.2, 0.25) is 0 Å². The Morgan fingerprint density at radius 1 is 1.43 bits per heavy atom. The third kappa shape index (κ3) is 3.26. The number of rotatable bonds is 5. The highest BCUT2D eigenvalue weighted by atomic mass is 16.5. The van der Waals surface area contributed by atoms with Gasteiger partial charge in [-0.2, -0.15) is 0 Å². The van der Waals surface area contributed by atoms with Crippen LogP contribution in [0.5, 0.6) is 0 Å². The summed E-state index contributed by atoms with van der Waals surface area (Å²) in [4.78, 5) is 15.1. The molecule has 1 atom stereocenters. The van der Waals surface area contributed by atoms with Crippen LogP contribution < -0.4 is 0 Å². The summed E-state index contributed by atoms with van der Waals surface area (Å²) < 4.78 is 7.17. The van der Waals surface area contributed by atoms with Crippen LogP contribution in [0.4, 0.5) is 0 Å². The van der Waals surface area contributed by atoms with Crippen molar-refractivity contribution in [2.75, 3.05) is 26.8 Å². The van der Waals surface area contributed by atoms with Crippen molar-refractivity contribution in [3.63, 3.8) is 0 Å². The third-order valence-electron chi connectivity index (χ3n) is 5.23. The summed E-state index contributed by atoms with van der Waals surface area (Å²) >= 11 is 0. The molecule has 1 saturated carbocycles. The summed E-state index contributed by atoms with van der Waals surface area (Å²) in [5.74, 6) is 0.240. The van der Waals surface area contributed by atoms with E-state index < -0.39 is 0 Å². The lowest BCUT2D eigenvalue weighted by Gasteiger charge is -2.38. The fourth-order valence-electron chi connectivity index (χ4n) is 3.97. The van der Waals surface area contributed by atoms with E-state index in [4.69, 9.17) is 9.84 Å². The van der Waals surface area contributed by atoms with Crippen molar-refractivity contribution in [3.05, 3.63) is 11.9 Å². The van der Waals surface area contributed by atoms with Gasteiger partial charge in [0.1, 0.15) is 5.69 Å². The summed E-state index contributed by atoms with van der Waals surface area (Å²) in [5.41, 5.74) is 0.235. The zero-order chi connectivity index (χ0) is 16.3. The van der Waals surface area contributed by atoms with Gasteiger partial charge in [0.05, 0.1) is 30.9 Å². The number of hydrogen-bond donors (Lipinski definition) is 1. The number of likely N-dealkylation sites (tertiary alicyclic amines) is 1. The summed E-state index contributed by atoms with van der Waals surface area (Å²) in [6.07, 6.45) is 7.93. The number of carbonyl (C=O) groups is 1. The first-order chi connectivity index (χ1) is 11.2. The molecule has 1 aromatic rings. The van der Waals surface area contributed by atoms with Gasteiger partial charge >= 0.3 is 0 Å². The van der Waals surface area contributed by atoms with Gasteiger partial charge in [0, 0.05) is 20.2 Å². The van der Waals surface area contributed by atoms with Crippen LogP contribution in [0.25, 0.3) is 0 Å². The number of ether oxygens (including phenoxy) is 1. The number of carbonyl (C=O) groups excluding carboxylic acids is 1. The molecule has 1 saturated heterocycles. The topological polar surface area (TPSA) is 80.5 Å². The molecule has 2 aliphatic rings. The van der Waals surface area contributed by atoms with Crippen molar-refractivity contribution in [1.29, 1.82) is 0 Å². The van der Waals surface area contributed by atoms with Crippen LogP contribution in [0.15, 0.2) is 6.20 Å². The van der Waals surface area contributed by atoms with Gasteiger partial charge in [0.2, 0.25) is 5.91 Å². The van der Waals surface area contributed by atoms with Crippen molar-refractivity contribution in [3.8, 4) is 0 Å². The van der Waals surface area contributed by atoms with E-state index in [2.05, 4.69) is 10.3 Å². The van der Waals surface area contributed by atoms with Crippen molar-refractivity contribution in [1.82, 2.24) is 19.9 Å². The highest BCUT2D eigenvalue weighted by Crippen LogP contribution is 2.39. The third-order valence-corrected chi connectivity index (χ3v) is 5.23. The van der Waals surface area contributed by atoms with Crippen molar-refractivity contribution < 1.29 is 14.6 Å². The van der Waals surface area contributed by atoms with E-state index in [0.29, 0.717) is 18.8 Å². The molecule has 3 rings (SSSR count). The first-order valence-corrected chi connectivity index (χ1v) is 8.48. The molecule has 1 N–H and O–H groups in total. The molecule has 128 valence electrons. The summed E-state index contributed by atoms with van der Waals surface area (Å²) in [7, 11) is 1.68. The van der Waals surface area contributed by atoms with E-state index in [1.54, 1.807) is 18.0 Å². The molecule has 1 aliphatic carbocycles. The van der Waals surface area contributed by atoms with Crippen LogP contribution in [0.3, 0.4) is 0 Å². The smallest absolute Gasteiger partial charge is 0.231 e. The van der Waals surface area contributed by atoms with Crippen molar-refractivity contribution >= 4 is 5.91 Å². The SMILES string of the molecule is COCC1(C(=O)N2CCC(n3cc(CO)nn3)C2)CCCCC1. The molecule has 1 unspecified atom stereocenters. The van der Waals surface area contributed by atoms with E-state index in [1.807, 2.05) is 4.90 Å². The van der Waals surface area contributed by atoms with Crippen molar-refractivity contribution in [2.45, 2.75) is 51.2 Å². The Morgan fingerprint density at radius 2 is 2.22 bits per heavy atom. The number of nitrogens with zero attached hydrogens (tertiary/aromatic N) is 4. The second kappa shape index (κ2) is 6.97. The molecule has 7 heteroatoms. The van der Waals surface area contributed by atoms with Crippen LogP contribution in [-0.4, -0.2) is 57.7 Å². The maximum absolute atomic E-state index is 13.1. The normalized spacial score (nSPS) is 24.1. The Kier molecular flexibility index (Phi) is 4.96. The zero-order valence-electron chi connectivity index (χ0n) is 13.8. The number of amides is 1. The summed E-state index contributed by atoms with van der Waals surface area (Å²) in [6, 6.07) is 0.148. The molecule has 0 radical (unpaired) electrons. The lowest BCUT2D eigenvalue weighted by atomic mass is 9.73. The highest BCUT2D eigenvalue weighted by molar-refractivity contribution is 5.83. The first kappa shape index (κ1) is 16.4. The van der Waals surface area contributed by atoms with Crippen molar-refractivity contribution in [2.24, 2.45) is 5.41 Å². The molecule has 0 aromatic carbocycles. The van der Waals surface area contributed by atoms with Gasteiger partial charge in [0.25, 0.3) is 0 Å². The summed E-state index contributed by atoms with van der Waals surface area (Å²) in [5, 5.41) is 17.1. The van der Waals surface area contributed by atoms with E-state index in [0.717, 1.165) is 38.6 Å². The minimum absolute atomic E-state index is 0.105. The quantitative estimate of drug-likeness (QED) is 0.879. The van der Waals surface area contributed by atoms with E-state index in [9.17, 15) is 4.79 Å². The zero-order valence-corrected chi connectivity index (χ0v) is 13.8. The molecule has 2 heterocycles. The molecule has 7 nitrogen and oxygen atoms in total. The second-order valence-corrected chi connectivity index (χ2v) is 6.82. The molecule has 1 aromatic heterocycles. The van der Waals surface area contributed by atoms with Gasteiger partial charge in [0.15, 0.2) is 0 Å². The van der Waals surface area contributed by atoms with Gasteiger partial charge in [-0.05, 0) is 19.3 Å². The lowest BCUT2D eigenvalue weighted by Crippen LogP contribution is -2.46. The van der Waals surface area contributed by atoms with Gasteiger partial charge in [-0.3, -0.25) is 4.79 Å². The van der Waals surface area contributed by atoms with Gasteiger partial charge in [-0.1, -0.05) is 24.5 Å². The maximum Gasteiger partial charge on any atom is 0.231 e. The number of aliphatic hydroxyl groups is 1. The van der Waals surface area contributed by atoms with Crippen LogP contribution in [-0.2, 0) is 16.1 Å². The van der Waals surface area contributed by atoms with E-state index in [-0.39, 0.29) is 24.0 Å². The molecule has 0 spiro atoms. The predicted molar refractivity (Wildman–Crippen MR) is 83.6 cm³/mol. The Balaban J connectivity index is 1.68. The molecule has 2 fully saturated rings. The van der Waals surface area contributed by atoms with Gasteiger partial charge in [-0.25, -0.2) is 4.68 Å². The minimum Gasteiger partial charge on any atom is -0.390 e. The molecular weight excluding hydrogens is 296 g/mol. The van der Waals surface area contributed by atoms with Gasteiger partial charge < -0.3 is 14.7 Å². The fraction of sp³-hybridized carbons (Fsp3) is 0.812. The maximum atomic E-state index is 13.1. The lowest BCUT2D eigenvalue weighted by molar-refractivity contribution is -0.147. The van der Waals surface area contributed by atoms with Crippen LogP contribution in [0, 0.1) is 5.41 Å². The van der Waals surface area contributed by atoms with Crippen LogP contribution in [0.1, 0.15) is 50.3 Å². The molecular formula is C16H26N4O3. The second-order valence-electron chi connectivity index (χ2n) is 6.82. The molecule has 1 amide bonds. The minimum atomic E-state index is -0.333. The number of aliphatic hydroxyl groups excluding tert-OH is 1. The van der Waals surface area contributed by atoms with E-state index >= 15 is 0 Å². The highest BCUT2D eigenvalue weighted by Gasteiger charge is 2.44. The van der Waals surface area contributed by atoms with Crippen LogP contribution >= 0.6 is 0 Å². The largest absolute Gasteiger partial charge is 0.390 e. The Bertz CT molecular complexity index is 534. The number of aromatic nitrogens is 3.